The highest BCUT2D eigenvalue weighted by Crippen LogP contribution is 2.43. The van der Waals surface area contributed by atoms with Gasteiger partial charge < -0.3 is 5.11 Å². The third-order valence-electron chi connectivity index (χ3n) is 4.02. The van der Waals surface area contributed by atoms with Crippen molar-refractivity contribution < 1.29 is 5.11 Å². The molecule has 3 rings (SSSR count). The average Bonchev–Trinajstić information content (AvgIpc) is 2.47. The Morgan fingerprint density at radius 1 is 1.00 bits per heavy atom. The van der Waals surface area contributed by atoms with Crippen LogP contribution in [0, 0.1) is 0 Å². The van der Waals surface area contributed by atoms with Gasteiger partial charge in [-0.1, -0.05) is 18.2 Å². The summed E-state index contributed by atoms with van der Waals surface area (Å²) in [6, 6.07) is 13.3. The molecule has 0 unspecified atom stereocenters. The van der Waals surface area contributed by atoms with Crippen LogP contribution in [0.25, 0.3) is 0 Å². The maximum Gasteiger partial charge on any atom is 0.180 e. The van der Waals surface area contributed by atoms with Crippen LogP contribution in [0.1, 0.15) is 12.0 Å². The maximum absolute atomic E-state index is 10.2. The fourth-order valence-electron chi connectivity index (χ4n) is 3.00. The normalized spacial score (nSPS) is 16.9. The molecule has 2 aromatic carbocycles. The first-order chi connectivity index (χ1) is 10.1. The van der Waals surface area contributed by atoms with E-state index in [9.17, 15) is 5.11 Å². The summed E-state index contributed by atoms with van der Waals surface area (Å²) < 4.78 is 0.690. The number of rotatable bonds is 2. The van der Waals surface area contributed by atoms with Crippen molar-refractivity contribution in [2.45, 2.75) is 12.8 Å². The maximum atomic E-state index is 10.2. The smallest absolute Gasteiger partial charge is 0.180 e. The van der Waals surface area contributed by atoms with Crippen molar-refractivity contribution in [2.24, 2.45) is 10.2 Å². The Kier molecular flexibility index (Phi) is 3.47. The number of hydrogen-bond donors (Lipinski definition) is 1. The van der Waals surface area contributed by atoms with Crippen LogP contribution in [0.5, 0.6) is 5.75 Å². The van der Waals surface area contributed by atoms with Crippen molar-refractivity contribution in [3.8, 4) is 5.75 Å². The van der Waals surface area contributed by atoms with Gasteiger partial charge in [0.15, 0.2) is 11.4 Å². The molecule has 1 aliphatic rings. The van der Waals surface area contributed by atoms with E-state index in [4.69, 9.17) is 0 Å². The third-order valence-corrected chi connectivity index (χ3v) is 4.02. The van der Waals surface area contributed by atoms with Crippen LogP contribution in [0.15, 0.2) is 52.7 Å². The zero-order chi connectivity index (χ0) is 14.9. The zero-order valence-electron chi connectivity index (χ0n) is 12.5. The van der Waals surface area contributed by atoms with Crippen molar-refractivity contribution in [1.82, 2.24) is 4.48 Å². The molecule has 21 heavy (non-hydrogen) atoms. The second-order valence-electron chi connectivity index (χ2n) is 5.98. The average molecular weight is 282 g/mol. The molecule has 108 valence electrons. The molecule has 0 amide bonds. The standard InChI is InChI=1S/C17H19N3O/c1-20(2)12-6-9-14-15(10-11-16(21)17(14)20)19-18-13-7-4-3-5-8-13/h3-5,7-8,10-11H,6,9,12H2,1-2H3/p+1. The number of benzene rings is 2. The SMILES string of the molecule is C[N+]1(C)CCCc2c(N=Nc3ccccc3)ccc(O)c21. The van der Waals surface area contributed by atoms with Crippen LogP contribution in [0.2, 0.25) is 0 Å². The van der Waals surface area contributed by atoms with E-state index in [1.54, 1.807) is 6.07 Å². The van der Waals surface area contributed by atoms with Gasteiger partial charge in [0, 0.05) is 12.0 Å². The van der Waals surface area contributed by atoms with Gasteiger partial charge >= 0.3 is 0 Å². The van der Waals surface area contributed by atoms with Crippen LogP contribution in [0.3, 0.4) is 0 Å². The summed E-state index contributed by atoms with van der Waals surface area (Å²) >= 11 is 0. The summed E-state index contributed by atoms with van der Waals surface area (Å²) in [5.41, 5.74) is 3.79. The molecule has 0 aliphatic carbocycles. The van der Waals surface area contributed by atoms with E-state index >= 15 is 0 Å². The van der Waals surface area contributed by atoms with Gasteiger partial charge in [-0.15, -0.1) is 0 Å². The van der Waals surface area contributed by atoms with Gasteiger partial charge in [-0.2, -0.15) is 10.2 Å². The highest BCUT2D eigenvalue weighted by atomic mass is 16.3. The topological polar surface area (TPSA) is 45.0 Å². The zero-order valence-corrected chi connectivity index (χ0v) is 12.5. The van der Waals surface area contributed by atoms with Crippen molar-refractivity contribution in [2.75, 3.05) is 20.6 Å². The molecule has 0 saturated carbocycles. The lowest BCUT2D eigenvalue weighted by Gasteiger charge is -2.35. The number of fused-ring (bicyclic) bond motifs is 1. The van der Waals surface area contributed by atoms with Gasteiger partial charge in [0.25, 0.3) is 0 Å². The molecule has 0 bridgehead atoms. The lowest BCUT2D eigenvalue weighted by atomic mass is 9.98. The molecule has 2 aromatic rings. The van der Waals surface area contributed by atoms with E-state index in [1.165, 1.54) is 0 Å². The Balaban J connectivity index is 2.03. The molecule has 0 saturated heterocycles. The molecule has 0 spiro atoms. The number of phenolic OH excluding ortho intramolecular Hbond substituents is 1. The highest BCUT2D eigenvalue weighted by Gasteiger charge is 2.32. The molecule has 0 atom stereocenters. The summed E-state index contributed by atoms with van der Waals surface area (Å²) in [5.74, 6) is 0.355. The third kappa shape index (κ3) is 2.67. The van der Waals surface area contributed by atoms with E-state index in [0.717, 1.165) is 42.0 Å². The molecule has 1 heterocycles. The van der Waals surface area contributed by atoms with Crippen molar-refractivity contribution in [1.29, 1.82) is 0 Å². The number of quaternary nitrogens is 1. The van der Waals surface area contributed by atoms with Crippen LogP contribution < -0.4 is 4.48 Å². The van der Waals surface area contributed by atoms with Gasteiger partial charge in [0.1, 0.15) is 0 Å². The van der Waals surface area contributed by atoms with Crippen molar-refractivity contribution in [3.05, 3.63) is 48.0 Å². The number of phenols is 1. The summed E-state index contributed by atoms with van der Waals surface area (Å²) in [6.07, 6.45) is 2.03. The van der Waals surface area contributed by atoms with Gasteiger partial charge in [0.2, 0.25) is 0 Å². The monoisotopic (exact) mass is 282 g/mol. The lowest BCUT2D eigenvalue weighted by Crippen LogP contribution is -2.44. The van der Waals surface area contributed by atoms with E-state index in [-0.39, 0.29) is 0 Å². The van der Waals surface area contributed by atoms with Gasteiger partial charge in [0.05, 0.1) is 32.0 Å². The van der Waals surface area contributed by atoms with E-state index in [0.29, 0.717) is 10.2 Å². The quantitative estimate of drug-likeness (QED) is 0.647. The van der Waals surface area contributed by atoms with Crippen molar-refractivity contribution in [3.63, 3.8) is 0 Å². The number of hydrogen-bond acceptors (Lipinski definition) is 3. The Hall–Kier alpha value is -2.20. The molecule has 0 aromatic heterocycles. The molecule has 1 N–H and O–H groups in total. The second-order valence-corrected chi connectivity index (χ2v) is 5.98. The first kappa shape index (κ1) is 13.8. The van der Waals surface area contributed by atoms with E-state index in [2.05, 4.69) is 24.3 Å². The first-order valence-corrected chi connectivity index (χ1v) is 7.23. The minimum atomic E-state index is 0.355. The number of azo groups is 1. The Morgan fingerprint density at radius 3 is 2.52 bits per heavy atom. The minimum absolute atomic E-state index is 0.355. The van der Waals surface area contributed by atoms with Gasteiger partial charge in [-0.05, 0) is 30.7 Å². The Morgan fingerprint density at radius 2 is 1.76 bits per heavy atom. The van der Waals surface area contributed by atoms with Crippen LogP contribution >= 0.6 is 0 Å². The molecular weight excluding hydrogens is 262 g/mol. The fraction of sp³-hybridized carbons (Fsp3) is 0.294. The number of aromatic hydroxyl groups is 1. The molecule has 0 radical (unpaired) electrons. The Bertz CT molecular complexity index is 678. The predicted molar refractivity (Wildman–Crippen MR) is 85.6 cm³/mol. The fourth-order valence-corrected chi connectivity index (χ4v) is 3.00. The number of nitrogens with zero attached hydrogens (tertiary/aromatic N) is 3. The van der Waals surface area contributed by atoms with Crippen LogP contribution in [0.4, 0.5) is 17.1 Å². The summed E-state index contributed by atoms with van der Waals surface area (Å²) in [5, 5.41) is 18.9. The summed E-state index contributed by atoms with van der Waals surface area (Å²) in [6.45, 7) is 1.03. The van der Waals surface area contributed by atoms with Gasteiger partial charge in [-0.3, -0.25) is 4.48 Å². The molecular formula is C17H20N3O+. The minimum Gasteiger partial charge on any atom is -0.503 e. The molecule has 4 heteroatoms. The first-order valence-electron chi connectivity index (χ1n) is 7.23. The predicted octanol–water partition coefficient (Wildman–Crippen LogP) is 4.32. The second kappa shape index (κ2) is 5.30. The van der Waals surface area contributed by atoms with Crippen LogP contribution in [-0.2, 0) is 6.42 Å². The lowest BCUT2D eigenvalue weighted by molar-refractivity contribution is 0.350. The van der Waals surface area contributed by atoms with Gasteiger partial charge in [-0.25, -0.2) is 0 Å². The molecule has 1 aliphatic heterocycles. The molecule has 0 fully saturated rings. The summed E-state index contributed by atoms with van der Waals surface area (Å²) in [4.78, 5) is 0. The summed E-state index contributed by atoms with van der Waals surface area (Å²) in [7, 11) is 4.24. The van der Waals surface area contributed by atoms with E-state index < -0.39 is 0 Å². The van der Waals surface area contributed by atoms with E-state index in [1.807, 2.05) is 36.4 Å². The van der Waals surface area contributed by atoms with Crippen molar-refractivity contribution >= 4 is 17.1 Å². The highest BCUT2D eigenvalue weighted by molar-refractivity contribution is 5.70. The Labute approximate surface area is 125 Å². The largest absolute Gasteiger partial charge is 0.503 e. The van der Waals surface area contributed by atoms with Crippen LogP contribution in [-0.4, -0.2) is 25.7 Å². The molecule has 4 nitrogen and oxygen atoms in total.